The maximum absolute atomic E-state index is 12.5. The van der Waals surface area contributed by atoms with Gasteiger partial charge < -0.3 is 10.6 Å². The number of amides is 2. The van der Waals surface area contributed by atoms with Crippen LogP contribution in [-0.2, 0) is 11.8 Å². The number of benzene rings is 2. The molecular formula is C21H22N4O2. The van der Waals surface area contributed by atoms with Crippen LogP contribution in [0.2, 0.25) is 0 Å². The molecule has 0 atom stereocenters. The minimum Gasteiger partial charge on any atom is -0.326 e. The zero-order valence-corrected chi connectivity index (χ0v) is 15.8. The molecule has 0 fully saturated rings. The van der Waals surface area contributed by atoms with Gasteiger partial charge in [0.2, 0.25) is 5.91 Å². The molecule has 0 bridgehead atoms. The number of hydrogen-bond acceptors (Lipinski definition) is 3. The van der Waals surface area contributed by atoms with Gasteiger partial charge in [-0.2, -0.15) is 5.10 Å². The van der Waals surface area contributed by atoms with Gasteiger partial charge in [0.05, 0.1) is 5.69 Å². The lowest BCUT2D eigenvalue weighted by Crippen LogP contribution is -2.13. The fourth-order valence-corrected chi connectivity index (χ4v) is 2.78. The van der Waals surface area contributed by atoms with Crippen LogP contribution in [0.5, 0.6) is 0 Å². The van der Waals surface area contributed by atoms with Crippen LogP contribution in [0.1, 0.15) is 28.5 Å². The quantitative estimate of drug-likeness (QED) is 0.739. The smallest absolute Gasteiger partial charge is 0.276 e. The van der Waals surface area contributed by atoms with Crippen molar-refractivity contribution in [3.8, 4) is 11.3 Å². The third-order valence-corrected chi connectivity index (χ3v) is 4.38. The summed E-state index contributed by atoms with van der Waals surface area (Å²) in [5.41, 5.74) is 5.97. The number of anilines is 2. The highest BCUT2D eigenvalue weighted by Crippen LogP contribution is 2.23. The van der Waals surface area contributed by atoms with E-state index in [0.717, 1.165) is 11.3 Å². The van der Waals surface area contributed by atoms with Crippen molar-refractivity contribution in [2.24, 2.45) is 7.05 Å². The van der Waals surface area contributed by atoms with Gasteiger partial charge in [-0.25, -0.2) is 0 Å². The number of hydrogen-bond donors (Lipinski definition) is 2. The van der Waals surface area contributed by atoms with Gasteiger partial charge in [0.25, 0.3) is 5.91 Å². The van der Waals surface area contributed by atoms with Crippen LogP contribution < -0.4 is 10.6 Å². The number of nitrogens with one attached hydrogen (secondary N) is 2. The zero-order valence-electron chi connectivity index (χ0n) is 15.8. The van der Waals surface area contributed by atoms with Gasteiger partial charge in [-0.1, -0.05) is 12.1 Å². The molecule has 0 spiro atoms. The van der Waals surface area contributed by atoms with E-state index < -0.39 is 0 Å². The molecule has 3 rings (SSSR count). The van der Waals surface area contributed by atoms with E-state index in [4.69, 9.17) is 0 Å². The van der Waals surface area contributed by atoms with E-state index in [2.05, 4.69) is 41.7 Å². The largest absolute Gasteiger partial charge is 0.326 e. The van der Waals surface area contributed by atoms with Gasteiger partial charge in [-0.15, -0.1) is 0 Å². The van der Waals surface area contributed by atoms with E-state index >= 15 is 0 Å². The first-order valence-corrected chi connectivity index (χ1v) is 8.64. The standard InChI is InChI=1S/C21H22N4O2/c1-13-5-6-16(11-14(13)2)20-12-19(24-25(20)4)21(27)23-18-9-7-17(8-10-18)22-15(3)26/h5-12H,1-4H3,(H,22,26)(H,23,27). The highest BCUT2D eigenvalue weighted by atomic mass is 16.2. The van der Waals surface area contributed by atoms with Crippen molar-refractivity contribution in [2.45, 2.75) is 20.8 Å². The zero-order chi connectivity index (χ0) is 19.6. The van der Waals surface area contributed by atoms with Crippen LogP contribution in [0.4, 0.5) is 11.4 Å². The van der Waals surface area contributed by atoms with Gasteiger partial charge in [0.1, 0.15) is 0 Å². The second kappa shape index (κ2) is 7.45. The second-order valence-corrected chi connectivity index (χ2v) is 6.55. The second-order valence-electron chi connectivity index (χ2n) is 6.55. The molecule has 2 aromatic carbocycles. The fourth-order valence-electron chi connectivity index (χ4n) is 2.78. The van der Waals surface area contributed by atoms with E-state index in [9.17, 15) is 9.59 Å². The van der Waals surface area contributed by atoms with Crippen molar-refractivity contribution in [1.82, 2.24) is 9.78 Å². The van der Waals surface area contributed by atoms with Gasteiger partial charge >= 0.3 is 0 Å². The summed E-state index contributed by atoms with van der Waals surface area (Å²) in [5, 5.41) is 9.85. The van der Waals surface area contributed by atoms with Gasteiger partial charge in [0, 0.05) is 30.9 Å². The molecule has 138 valence electrons. The summed E-state index contributed by atoms with van der Waals surface area (Å²) < 4.78 is 1.71. The number of rotatable bonds is 4. The van der Waals surface area contributed by atoms with Crippen LogP contribution in [0.25, 0.3) is 11.3 Å². The minimum absolute atomic E-state index is 0.140. The molecule has 0 radical (unpaired) electrons. The van der Waals surface area contributed by atoms with Crippen LogP contribution >= 0.6 is 0 Å². The summed E-state index contributed by atoms with van der Waals surface area (Å²) in [7, 11) is 1.82. The number of aromatic nitrogens is 2. The third kappa shape index (κ3) is 4.23. The van der Waals surface area contributed by atoms with E-state index in [1.54, 1.807) is 35.0 Å². The first kappa shape index (κ1) is 18.4. The predicted octanol–water partition coefficient (Wildman–Crippen LogP) is 3.91. The molecule has 1 heterocycles. The topological polar surface area (TPSA) is 76.0 Å². The molecule has 0 aliphatic heterocycles. The number of aryl methyl sites for hydroxylation is 3. The van der Waals surface area contributed by atoms with Crippen LogP contribution in [0.15, 0.2) is 48.5 Å². The molecule has 27 heavy (non-hydrogen) atoms. The Morgan fingerprint density at radius 2 is 1.52 bits per heavy atom. The highest BCUT2D eigenvalue weighted by molar-refractivity contribution is 6.03. The molecule has 0 aliphatic rings. The normalized spacial score (nSPS) is 10.5. The monoisotopic (exact) mass is 362 g/mol. The number of carbonyl (C=O) groups is 2. The Morgan fingerprint density at radius 3 is 2.11 bits per heavy atom. The lowest BCUT2D eigenvalue weighted by molar-refractivity contribution is -0.114. The average molecular weight is 362 g/mol. The Morgan fingerprint density at radius 1 is 0.889 bits per heavy atom. The Hall–Kier alpha value is -3.41. The molecule has 1 aromatic heterocycles. The molecule has 0 saturated heterocycles. The molecule has 2 amide bonds. The van der Waals surface area contributed by atoms with Crippen molar-refractivity contribution >= 4 is 23.2 Å². The molecule has 0 saturated carbocycles. The highest BCUT2D eigenvalue weighted by Gasteiger charge is 2.14. The van der Waals surface area contributed by atoms with E-state index in [1.807, 2.05) is 13.1 Å². The molecule has 6 nitrogen and oxygen atoms in total. The minimum atomic E-state index is -0.284. The van der Waals surface area contributed by atoms with Crippen molar-refractivity contribution in [3.05, 3.63) is 65.4 Å². The van der Waals surface area contributed by atoms with Crippen molar-refractivity contribution in [3.63, 3.8) is 0 Å². The van der Waals surface area contributed by atoms with Crippen LogP contribution in [0.3, 0.4) is 0 Å². The summed E-state index contributed by atoms with van der Waals surface area (Å²) in [4.78, 5) is 23.6. The van der Waals surface area contributed by atoms with Crippen LogP contribution in [0, 0.1) is 13.8 Å². The summed E-state index contributed by atoms with van der Waals surface area (Å²) in [6.07, 6.45) is 0. The summed E-state index contributed by atoms with van der Waals surface area (Å²) >= 11 is 0. The third-order valence-electron chi connectivity index (χ3n) is 4.38. The first-order valence-electron chi connectivity index (χ1n) is 8.64. The average Bonchev–Trinajstić information content (AvgIpc) is 3.00. The van der Waals surface area contributed by atoms with E-state index in [-0.39, 0.29) is 11.8 Å². The molecule has 3 aromatic rings. The Labute approximate surface area is 158 Å². The fraction of sp³-hybridized carbons (Fsp3) is 0.190. The molecule has 0 aliphatic carbocycles. The van der Waals surface area contributed by atoms with E-state index in [0.29, 0.717) is 17.1 Å². The maximum Gasteiger partial charge on any atom is 0.276 e. The van der Waals surface area contributed by atoms with Crippen molar-refractivity contribution in [1.29, 1.82) is 0 Å². The van der Waals surface area contributed by atoms with Crippen LogP contribution in [-0.4, -0.2) is 21.6 Å². The first-order chi connectivity index (χ1) is 12.8. The maximum atomic E-state index is 12.5. The van der Waals surface area contributed by atoms with Crippen molar-refractivity contribution < 1.29 is 9.59 Å². The number of carbonyl (C=O) groups excluding carboxylic acids is 2. The van der Waals surface area contributed by atoms with Gasteiger partial charge in [-0.3, -0.25) is 14.3 Å². The summed E-state index contributed by atoms with van der Waals surface area (Å²) in [5.74, 6) is -0.424. The van der Waals surface area contributed by atoms with E-state index in [1.165, 1.54) is 18.1 Å². The van der Waals surface area contributed by atoms with Gasteiger partial charge in [0.15, 0.2) is 5.69 Å². The molecule has 0 unspecified atom stereocenters. The Bertz CT molecular complexity index is 1000. The SMILES string of the molecule is CC(=O)Nc1ccc(NC(=O)c2cc(-c3ccc(C)c(C)c3)n(C)n2)cc1. The Kier molecular flexibility index (Phi) is 5.07. The lowest BCUT2D eigenvalue weighted by atomic mass is 10.0. The van der Waals surface area contributed by atoms with Gasteiger partial charge in [-0.05, 0) is 61.4 Å². The summed E-state index contributed by atoms with van der Waals surface area (Å²) in [6, 6.07) is 14.9. The molecular weight excluding hydrogens is 340 g/mol. The lowest BCUT2D eigenvalue weighted by Gasteiger charge is -2.05. The predicted molar refractivity (Wildman–Crippen MR) is 107 cm³/mol. The molecule has 6 heteroatoms. The Balaban J connectivity index is 1.77. The van der Waals surface area contributed by atoms with Crippen molar-refractivity contribution in [2.75, 3.05) is 10.6 Å². The molecule has 2 N–H and O–H groups in total. The summed E-state index contributed by atoms with van der Waals surface area (Å²) in [6.45, 7) is 5.58. The number of nitrogens with zero attached hydrogens (tertiary/aromatic N) is 2.